The summed E-state index contributed by atoms with van der Waals surface area (Å²) >= 11 is 7.43. The second kappa shape index (κ2) is 7.64. The van der Waals surface area contributed by atoms with Crippen molar-refractivity contribution in [2.45, 2.75) is 19.4 Å². The van der Waals surface area contributed by atoms with E-state index in [4.69, 9.17) is 17.3 Å². The van der Waals surface area contributed by atoms with Gasteiger partial charge >= 0.3 is 0 Å². The van der Waals surface area contributed by atoms with Crippen LogP contribution in [0, 0.1) is 6.92 Å². The third-order valence-electron chi connectivity index (χ3n) is 4.34. The number of nitrogens with zero attached hydrogens (tertiary/aromatic N) is 3. The van der Waals surface area contributed by atoms with E-state index in [9.17, 15) is 0 Å². The van der Waals surface area contributed by atoms with Gasteiger partial charge in [-0.1, -0.05) is 35.1 Å². The highest BCUT2D eigenvalue weighted by Gasteiger charge is 2.11. The maximum Gasteiger partial charge on any atom is 0.206 e. The van der Waals surface area contributed by atoms with Crippen LogP contribution in [0.3, 0.4) is 0 Å². The first-order chi connectivity index (χ1) is 13.1. The zero-order chi connectivity index (χ0) is 18.8. The van der Waals surface area contributed by atoms with Crippen molar-refractivity contribution in [3.8, 4) is 10.6 Å². The molecule has 4 N–H and O–H groups in total. The van der Waals surface area contributed by atoms with Gasteiger partial charge in [0.15, 0.2) is 0 Å². The van der Waals surface area contributed by atoms with Crippen LogP contribution in [0.4, 0.5) is 5.13 Å². The highest BCUT2D eigenvalue weighted by atomic mass is 35.5. The van der Waals surface area contributed by atoms with E-state index in [0.29, 0.717) is 6.54 Å². The molecule has 0 bridgehead atoms. The van der Waals surface area contributed by atoms with Crippen LogP contribution in [0.5, 0.6) is 0 Å². The van der Waals surface area contributed by atoms with Crippen molar-refractivity contribution in [2.24, 2.45) is 5.73 Å². The molecule has 27 heavy (non-hydrogen) atoms. The lowest BCUT2D eigenvalue weighted by Gasteiger charge is -2.12. The Bertz CT molecular complexity index is 1060. The zero-order valence-electron chi connectivity index (χ0n) is 14.7. The van der Waals surface area contributed by atoms with E-state index in [1.165, 1.54) is 11.3 Å². The molecule has 0 saturated carbocycles. The van der Waals surface area contributed by atoms with Gasteiger partial charge in [-0.15, -0.1) is 10.2 Å². The zero-order valence-corrected chi connectivity index (χ0v) is 16.3. The number of hydrogen-bond donors (Lipinski definition) is 3. The Balaban J connectivity index is 1.40. The number of anilines is 1. The number of H-pyrrole nitrogens is 1. The van der Waals surface area contributed by atoms with Crippen molar-refractivity contribution in [3.05, 3.63) is 58.7 Å². The molecule has 6 nitrogen and oxygen atoms in total. The summed E-state index contributed by atoms with van der Waals surface area (Å²) in [6.45, 7) is 2.68. The minimum absolute atomic E-state index is 0.0250. The molecule has 0 saturated heterocycles. The number of halogens is 1. The van der Waals surface area contributed by atoms with E-state index in [2.05, 4.69) is 44.8 Å². The smallest absolute Gasteiger partial charge is 0.206 e. The Morgan fingerprint density at radius 2 is 2.04 bits per heavy atom. The largest absolute Gasteiger partial charge is 0.359 e. The summed E-state index contributed by atoms with van der Waals surface area (Å²) in [7, 11) is 0. The first kappa shape index (κ1) is 17.9. The van der Waals surface area contributed by atoms with Gasteiger partial charge in [-0.25, -0.2) is 0 Å². The summed E-state index contributed by atoms with van der Waals surface area (Å²) in [5, 5.41) is 22.4. The van der Waals surface area contributed by atoms with E-state index in [1.54, 1.807) is 0 Å². The minimum atomic E-state index is -0.0250. The maximum atomic E-state index is 6.23. The van der Waals surface area contributed by atoms with Crippen LogP contribution in [0.2, 0.25) is 5.02 Å². The van der Waals surface area contributed by atoms with E-state index < -0.39 is 0 Å². The third kappa shape index (κ3) is 4.10. The predicted octanol–water partition coefficient (Wildman–Crippen LogP) is 4.03. The molecule has 0 aliphatic rings. The molecule has 8 heteroatoms. The summed E-state index contributed by atoms with van der Waals surface area (Å²) in [5.41, 5.74) is 10.6. The summed E-state index contributed by atoms with van der Waals surface area (Å²) in [5.74, 6) is 0. The number of hydrogen-bond acceptors (Lipinski definition) is 6. The molecule has 1 atom stereocenters. The lowest BCUT2D eigenvalue weighted by molar-refractivity contribution is 0.698. The fraction of sp³-hybridized carbons (Fsp3) is 0.211. The van der Waals surface area contributed by atoms with Gasteiger partial charge in [0.2, 0.25) is 5.13 Å². The van der Waals surface area contributed by atoms with Crippen LogP contribution < -0.4 is 11.1 Å². The molecule has 2 aromatic heterocycles. The number of aromatic nitrogens is 4. The summed E-state index contributed by atoms with van der Waals surface area (Å²) < 4.78 is 0. The number of benzene rings is 2. The molecule has 0 radical (unpaired) electrons. The van der Waals surface area contributed by atoms with Crippen molar-refractivity contribution in [2.75, 3.05) is 11.9 Å². The monoisotopic (exact) mass is 398 g/mol. The molecule has 0 amide bonds. The van der Waals surface area contributed by atoms with E-state index >= 15 is 0 Å². The van der Waals surface area contributed by atoms with Crippen molar-refractivity contribution in [1.82, 2.24) is 20.4 Å². The van der Waals surface area contributed by atoms with Crippen molar-refractivity contribution in [3.63, 3.8) is 0 Å². The van der Waals surface area contributed by atoms with Crippen LogP contribution in [-0.4, -0.2) is 33.0 Å². The average Bonchev–Trinajstić information content (AvgIpc) is 3.31. The summed E-state index contributed by atoms with van der Waals surface area (Å²) in [6.07, 6.45) is 2.59. The molecular formula is C19H19ClN6S. The van der Waals surface area contributed by atoms with Crippen molar-refractivity contribution >= 4 is 39.0 Å². The quantitative estimate of drug-likeness (QED) is 0.456. The number of nitrogens with two attached hydrogens (primary N) is 1. The number of nitrogens with one attached hydrogen (secondary N) is 2. The third-order valence-corrected chi connectivity index (χ3v) is 5.53. The van der Waals surface area contributed by atoms with Gasteiger partial charge in [-0.3, -0.25) is 5.10 Å². The lowest BCUT2D eigenvalue weighted by atomic mass is 10.1. The molecule has 2 heterocycles. The molecule has 0 aliphatic heterocycles. The summed E-state index contributed by atoms with van der Waals surface area (Å²) in [6, 6.07) is 11.9. The number of aryl methyl sites for hydroxylation is 1. The average molecular weight is 399 g/mol. The molecule has 0 unspecified atom stereocenters. The second-order valence-corrected chi connectivity index (χ2v) is 7.93. The van der Waals surface area contributed by atoms with Gasteiger partial charge in [-0.2, -0.15) is 5.10 Å². The Kier molecular flexibility index (Phi) is 5.07. The van der Waals surface area contributed by atoms with Crippen LogP contribution in [0.25, 0.3) is 21.5 Å². The Morgan fingerprint density at radius 3 is 2.85 bits per heavy atom. The SMILES string of the molecule is Cc1cc(-c2nnc(NC[C@H](N)Cc3ccc(Cl)cc3)s2)cc2cn[nH]c12. The van der Waals surface area contributed by atoms with Crippen LogP contribution in [0.15, 0.2) is 42.6 Å². The van der Waals surface area contributed by atoms with Gasteiger partial charge < -0.3 is 11.1 Å². The normalized spacial score (nSPS) is 12.4. The molecule has 4 aromatic rings. The lowest BCUT2D eigenvalue weighted by Crippen LogP contribution is -2.31. The van der Waals surface area contributed by atoms with Crippen LogP contribution in [-0.2, 0) is 6.42 Å². The molecular weight excluding hydrogens is 380 g/mol. The molecule has 0 fully saturated rings. The van der Waals surface area contributed by atoms with Gasteiger partial charge in [0.05, 0.1) is 11.7 Å². The second-order valence-electron chi connectivity index (χ2n) is 6.51. The standard InChI is InChI=1S/C19H19ClN6S/c1-11-6-13(8-14-9-23-24-17(11)14)18-25-26-19(27-18)22-10-16(21)7-12-2-4-15(20)5-3-12/h2-6,8-9,16H,7,10,21H2,1H3,(H,22,26)(H,23,24)/t16-/m1/s1. The minimum Gasteiger partial charge on any atom is -0.359 e. The Hall–Kier alpha value is -2.48. The molecule has 2 aromatic carbocycles. The number of rotatable bonds is 6. The van der Waals surface area contributed by atoms with E-state index in [1.807, 2.05) is 30.5 Å². The maximum absolute atomic E-state index is 6.23. The van der Waals surface area contributed by atoms with Gasteiger partial charge in [0.25, 0.3) is 0 Å². The van der Waals surface area contributed by atoms with Gasteiger partial charge in [0, 0.05) is 28.6 Å². The molecule has 4 rings (SSSR count). The highest BCUT2D eigenvalue weighted by Crippen LogP contribution is 2.30. The highest BCUT2D eigenvalue weighted by molar-refractivity contribution is 7.18. The molecule has 0 spiro atoms. The number of aromatic amines is 1. The van der Waals surface area contributed by atoms with Gasteiger partial charge in [-0.05, 0) is 48.7 Å². The van der Waals surface area contributed by atoms with Crippen molar-refractivity contribution < 1.29 is 0 Å². The number of fused-ring (bicyclic) bond motifs is 1. The van der Waals surface area contributed by atoms with Crippen molar-refractivity contribution in [1.29, 1.82) is 0 Å². The predicted molar refractivity (Wildman–Crippen MR) is 111 cm³/mol. The van der Waals surface area contributed by atoms with E-state index in [0.717, 1.165) is 49.2 Å². The summed E-state index contributed by atoms with van der Waals surface area (Å²) in [4.78, 5) is 0. The molecule has 0 aliphatic carbocycles. The first-order valence-corrected chi connectivity index (χ1v) is 9.79. The fourth-order valence-electron chi connectivity index (χ4n) is 2.98. The van der Waals surface area contributed by atoms with Crippen LogP contribution in [0.1, 0.15) is 11.1 Å². The topological polar surface area (TPSA) is 92.5 Å². The van der Waals surface area contributed by atoms with Crippen LogP contribution >= 0.6 is 22.9 Å². The fourth-order valence-corrected chi connectivity index (χ4v) is 3.85. The molecule has 138 valence electrons. The van der Waals surface area contributed by atoms with Gasteiger partial charge in [0.1, 0.15) is 5.01 Å². The Labute approximate surface area is 165 Å². The first-order valence-electron chi connectivity index (χ1n) is 8.60. The van der Waals surface area contributed by atoms with E-state index in [-0.39, 0.29) is 6.04 Å². The Morgan fingerprint density at radius 1 is 1.22 bits per heavy atom.